The molecule has 3 aromatic rings. The largest absolute Gasteiger partial charge is 0.489 e. The van der Waals surface area contributed by atoms with Crippen molar-refractivity contribution >= 4 is 11.7 Å². The van der Waals surface area contributed by atoms with Crippen molar-refractivity contribution < 1.29 is 18.4 Å². The van der Waals surface area contributed by atoms with Crippen molar-refractivity contribution in [1.29, 1.82) is 0 Å². The molecule has 0 aliphatic heterocycles. The summed E-state index contributed by atoms with van der Waals surface area (Å²) in [6, 6.07) is 9.19. The summed E-state index contributed by atoms with van der Waals surface area (Å²) < 4.78 is 23.6. The molecule has 1 amide bonds. The van der Waals surface area contributed by atoms with Crippen LogP contribution in [0, 0.1) is 19.7 Å². The molecule has 0 spiro atoms. The highest BCUT2D eigenvalue weighted by molar-refractivity contribution is 6.03. The van der Waals surface area contributed by atoms with Gasteiger partial charge in [-0.25, -0.2) is 9.37 Å². The van der Waals surface area contributed by atoms with Crippen LogP contribution in [0.1, 0.15) is 27.4 Å². The van der Waals surface area contributed by atoms with E-state index in [4.69, 9.17) is 9.26 Å². The molecule has 0 atom stereocenters. The first-order valence-electron chi connectivity index (χ1n) is 7.60. The van der Waals surface area contributed by atoms with Crippen LogP contribution in [0.25, 0.3) is 0 Å². The van der Waals surface area contributed by atoms with Crippen molar-refractivity contribution in [2.24, 2.45) is 0 Å². The smallest absolute Gasteiger partial charge is 0.279 e. The molecule has 2 aromatic heterocycles. The summed E-state index contributed by atoms with van der Waals surface area (Å²) in [7, 11) is 0. The fourth-order valence-electron chi connectivity index (χ4n) is 2.21. The Kier molecular flexibility index (Phi) is 4.74. The molecule has 6 nitrogen and oxygen atoms in total. The number of ether oxygens (including phenoxy) is 1. The molecule has 25 heavy (non-hydrogen) atoms. The first-order chi connectivity index (χ1) is 12.0. The van der Waals surface area contributed by atoms with Gasteiger partial charge in [0.05, 0.1) is 5.56 Å². The Hall–Kier alpha value is -3.22. The Morgan fingerprint density at radius 2 is 2.00 bits per heavy atom. The van der Waals surface area contributed by atoms with Gasteiger partial charge >= 0.3 is 0 Å². The number of halogens is 1. The third-order valence-electron chi connectivity index (χ3n) is 3.55. The fraction of sp³-hybridized carbons (Fsp3) is 0.167. The Morgan fingerprint density at radius 3 is 2.72 bits per heavy atom. The lowest BCUT2D eigenvalue weighted by molar-refractivity contribution is 0.101. The zero-order valence-corrected chi connectivity index (χ0v) is 13.7. The monoisotopic (exact) mass is 341 g/mol. The first kappa shape index (κ1) is 16.6. The zero-order valence-electron chi connectivity index (χ0n) is 13.7. The van der Waals surface area contributed by atoms with Crippen molar-refractivity contribution in [2.45, 2.75) is 20.5 Å². The summed E-state index contributed by atoms with van der Waals surface area (Å²) in [5, 5.41) is 6.49. The minimum absolute atomic E-state index is 0.0744. The van der Waals surface area contributed by atoms with E-state index < -0.39 is 5.91 Å². The Labute approximate surface area is 143 Å². The van der Waals surface area contributed by atoms with Gasteiger partial charge in [0.25, 0.3) is 5.91 Å². The van der Waals surface area contributed by atoms with Crippen molar-refractivity contribution in [3.05, 3.63) is 71.0 Å². The van der Waals surface area contributed by atoms with E-state index in [1.807, 2.05) is 13.0 Å². The van der Waals surface area contributed by atoms with E-state index in [2.05, 4.69) is 15.5 Å². The number of nitrogens with zero attached hydrogens (tertiary/aromatic N) is 2. The molecular weight excluding hydrogens is 325 g/mol. The van der Waals surface area contributed by atoms with Crippen molar-refractivity contribution in [1.82, 2.24) is 10.1 Å². The quantitative estimate of drug-likeness (QED) is 0.766. The molecular formula is C18H16FN3O3. The topological polar surface area (TPSA) is 77.3 Å². The molecule has 128 valence electrons. The van der Waals surface area contributed by atoms with Crippen LogP contribution in [0.2, 0.25) is 0 Å². The van der Waals surface area contributed by atoms with Gasteiger partial charge in [-0.15, -0.1) is 0 Å². The molecule has 0 fully saturated rings. The van der Waals surface area contributed by atoms with Crippen LogP contribution in [0.15, 0.2) is 47.1 Å². The number of rotatable bonds is 5. The molecule has 0 aliphatic rings. The van der Waals surface area contributed by atoms with Gasteiger partial charge in [0.2, 0.25) is 0 Å². The van der Waals surface area contributed by atoms with Crippen LogP contribution in [0.3, 0.4) is 0 Å². The van der Waals surface area contributed by atoms with Crippen molar-refractivity contribution in [3.63, 3.8) is 0 Å². The van der Waals surface area contributed by atoms with E-state index in [0.717, 1.165) is 5.56 Å². The first-order valence-corrected chi connectivity index (χ1v) is 7.60. The third kappa shape index (κ3) is 4.00. The lowest BCUT2D eigenvalue weighted by Crippen LogP contribution is -2.16. The van der Waals surface area contributed by atoms with E-state index in [-0.39, 0.29) is 18.1 Å². The summed E-state index contributed by atoms with van der Waals surface area (Å²) in [5.74, 6) is 0.598. The summed E-state index contributed by atoms with van der Waals surface area (Å²) in [5.41, 5.74) is 1.62. The van der Waals surface area contributed by atoms with E-state index in [0.29, 0.717) is 22.9 Å². The normalized spacial score (nSPS) is 10.5. The van der Waals surface area contributed by atoms with Crippen LogP contribution < -0.4 is 10.1 Å². The molecule has 0 saturated heterocycles. The Morgan fingerprint density at radius 1 is 1.24 bits per heavy atom. The molecule has 2 heterocycles. The molecule has 0 bridgehead atoms. The van der Waals surface area contributed by atoms with Crippen LogP contribution in [0.5, 0.6) is 5.75 Å². The number of benzene rings is 1. The number of hydrogen-bond donors (Lipinski definition) is 1. The van der Waals surface area contributed by atoms with E-state index in [9.17, 15) is 9.18 Å². The second-order valence-corrected chi connectivity index (χ2v) is 5.48. The molecule has 1 aromatic carbocycles. The number of carbonyl (C=O) groups excluding carboxylic acids is 1. The van der Waals surface area contributed by atoms with Gasteiger partial charge in [-0.2, -0.15) is 0 Å². The molecule has 0 radical (unpaired) electrons. The van der Waals surface area contributed by atoms with Gasteiger partial charge < -0.3 is 14.6 Å². The minimum Gasteiger partial charge on any atom is -0.489 e. The second-order valence-electron chi connectivity index (χ2n) is 5.48. The maximum absolute atomic E-state index is 12.9. The number of amides is 1. The summed E-state index contributed by atoms with van der Waals surface area (Å²) in [6.07, 6.45) is 1.61. The van der Waals surface area contributed by atoms with Crippen LogP contribution in [-0.2, 0) is 6.61 Å². The third-order valence-corrected chi connectivity index (χ3v) is 3.55. The SMILES string of the molecule is Cc1ccnc(NC(=O)c2noc(C)c2COc2ccc(F)cc2)c1. The summed E-state index contributed by atoms with van der Waals surface area (Å²) in [6.45, 7) is 3.67. The van der Waals surface area contributed by atoms with Gasteiger partial charge in [0.1, 0.15) is 29.8 Å². The van der Waals surface area contributed by atoms with Crippen LogP contribution in [-0.4, -0.2) is 16.0 Å². The predicted octanol–water partition coefficient (Wildman–Crippen LogP) is 3.66. The lowest BCUT2D eigenvalue weighted by atomic mass is 10.2. The molecule has 0 saturated carbocycles. The van der Waals surface area contributed by atoms with Crippen LogP contribution in [0.4, 0.5) is 10.2 Å². The van der Waals surface area contributed by atoms with E-state index >= 15 is 0 Å². The average Bonchev–Trinajstić information content (AvgIpc) is 2.95. The Bertz CT molecular complexity index is 891. The maximum Gasteiger partial charge on any atom is 0.279 e. The highest BCUT2D eigenvalue weighted by Crippen LogP contribution is 2.19. The van der Waals surface area contributed by atoms with E-state index in [1.165, 1.54) is 24.3 Å². The summed E-state index contributed by atoms with van der Waals surface area (Å²) >= 11 is 0. The molecule has 1 N–H and O–H groups in total. The van der Waals surface area contributed by atoms with Crippen LogP contribution >= 0.6 is 0 Å². The zero-order chi connectivity index (χ0) is 17.8. The summed E-state index contributed by atoms with van der Waals surface area (Å²) in [4.78, 5) is 16.5. The standard InChI is InChI=1S/C18H16FN3O3/c1-11-7-8-20-16(9-11)21-18(23)17-15(12(2)25-22-17)10-24-14-5-3-13(19)4-6-14/h3-9H,10H2,1-2H3,(H,20,21,23). The number of aromatic nitrogens is 2. The van der Waals surface area contributed by atoms with E-state index in [1.54, 1.807) is 19.2 Å². The number of pyridine rings is 1. The fourth-order valence-corrected chi connectivity index (χ4v) is 2.21. The highest BCUT2D eigenvalue weighted by Gasteiger charge is 2.21. The van der Waals surface area contributed by atoms with Gasteiger partial charge in [0, 0.05) is 6.20 Å². The number of anilines is 1. The molecule has 3 rings (SSSR count). The second kappa shape index (κ2) is 7.12. The number of hydrogen-bond acceptors (Lipinski definition) is 5. The lowest BCUT2D eigenvalue weighted by Gasteiger charge is -2.07. The number of aryl methyl sites for hydroxylation is 2. The number of nitrogens with one attached hydrogen (secondary N) is 1. The minimum atomic E-state index is -0.437. The molecule has 0 unspecified atom stereocenters. The average molecular weight is 341 g/mol. The maximum atomic E-state index is 12.9. The number of carbonyl (C=O) groups is 1. The van der Waals surface area contributed by atoms with Gasteiger partial charge in [-0.05, 0) is 55.8 Å². The van der Waals surface area contributed by atoms with Gasteiger partial charge in [-0.3, -0.25) is 4.79 Å². The van der Waals surface area contributed by atoms with Crippen molar-refractivity contribution in [2.75, 3.05) is 5.32 Å². The Balaban J connectivity index is 1.74. The van der Waals surface area contributed by atoms with Gasteiger partial charge in [-0.1, -0.05) is 5.16 Å². The van der Waals surface area contributed by atoms with Gasteiger partial charge in [0.15, 0.2) is 5.69 Å². The molecule has 0 aliphatic carbocycles. The highest BCUT2D eigenvalue weighted by atomic mass is 19.1. The molecule has 7 heteroatoms. The van der Waals surface area contributed by atoms with Crippen molar-refractivity contribution in [3.8, 4) is 5.75 Å². The predicted molar refractivity (Wildman–Crippen MR) is 88.9 cm³/mol.